The molecule has 0 unspecified atom stereocenters. The molecule has 0 bridgehead atoms. The summed E-state index contributed by atoms with van der Waals surface area (Å²) in [6, 6.07) is 28.2. The van der Waals surface area contributed by atoms with Crippen LogP contribution >= 0.6 is 0 Å². The van der Waals surface area contributed by atoms with Crippen molar-refractivity contribution in [2.75, 3.05) is 0 Å². The predicted octanol–water partition coefficient (Wildman–Crippen LogP) is 9.51. The van der Waals surface area contributed by atoms with E-state index >= 15 is 0 Å². The lowest BCUT2D eigenvalue weighted by Crippen LogP contribution is -1.96. The van der Waals surface area contributed by atoms with E-state index in [4.69, 9.17) is 9.47 Å². The van der Waals surface area contributed by atoms with Crippen LogP contribution in [0.4, 0.5) is 0 Å². The Labute approximate surface area is 253 Å². The van der Waals surface area contributed by atoms with Gasteiger partial charge < -0.3 is 14.2 Å². The molecule has 1 heterocycles. The van der Waals surface area contributed by atoms with E-state index in [9.17, 15) is 19.2 Å². The number of fused-ring (bicyclic) bond motifs is 2. The van der Waals surface area contributed by atoms with Crippen LogP contribution in [0, 0.1) is 0 Å². The first-order valence-corrected chi connectivity index (χ1v) is 14.5. The SMILES string of the molecule is CC.CC.CCC.O=C1CC(=O)c2cc(Oc3ccccc3)ccc21.O=C1OC(=O)c2cc(Oc3ccccc3)ccc21. The zero-order valence-electron chi connectivity index (χ0n) is 25.5. The molecular weight excluding hydrogens is 544 g/mol. The van der Waals surface area contributed by atoms with Crippen LogP contribution in [-0.4, -0.2) is 23.5 Å². The maximum atomic E-state index is 11.6. The van der Waals surface area contributed by atoms with Gasteiger partial charge in [0, 0.05) is 11.1 Å². The monoisotopic (exact) mass is 582 g/mol. The molecule has 7 nitrogen and oxygen atoms in total. The van der Waals surface area contributed by atoms with Crippen LogP contribution in [0.5, 0.6) is 23.0 Å². The normalized spacial score (nSPS) is 11.9. The van der Waals surface area contributed by atoms with E-state index in [0.717, 1.165) is 0 Å². The summed E-state index contributed by atoms with van der Waals surface area (Å²) >= 11 is 0. The lowest BCUT2D eigenvalue weighted by molar-refractivity contribution is 0.0443. The summed E-state index contributed by atoms with van der Waals surface area (Å²) in [5.41, 5.74) is 1.49. The van der Waals surface area contributed by atoms with E-state index < -0.39 is 11.9 Å². The fourth-order valence-electron chi connectivity index (χ4n) is 3.77. The molecule has 0 atom stereocenters. The lowest BCUT2D eigenvalue weighted by atomic mass is 10.1. The maximum Gasteiger partial charge on any atom is 0.347 e. The fourth-order valence-corrected chi connectivity index (χ4v) is 3.77. The van der Waals surface area contributed by atoms with Crippen LogP contribution in [0.25, 0.3) is 0 Å². The van der Waals surface area contributed by atoms with E-state index in [-0.39, 0.29) is 29.1 Å². The topological polar surface area (TPSA) is 96.0 Å². The van der Waals surface area contributed by atoms with Gasteiger partial charge in [-0.2, -0.15) is 0 Å². The molecule has 0 spiro atoms. The van der Waals surface area contributed by atoms with Gasteiger partial charge in [-0.3, -0.25) is 9.59 Å². The van der Waals surface area contributed by atoms with Crippen molar-refractivity contribution in [1.29, 1.82) is 0 Å². The molecule has 4 aromatic rings. The smallest absolute Gasteiger partial charge is 0.347 e. The Hall–Kier alpha value is -5.04. The molecule has 6 rings (SSSR count). The Morgan fingerprint density at radius 3 is 1.40 bits per heavy atom. The second kappa shape index (κ2) is 17.7. The molecule has 4 aromatic carbocycles. The van der Waals surface area contributed by atoms with Crippen molar-refractivity contribution < 1.29 is 33.4 Å². The van der Waals surface area contributed by atoms with Crippen molar-refractivity contribution in [3.8, 4) is 23.0 Å². The van der Waals surface area contributed by atoms with E-state index in [2.05, 4.69) is 18.6 Å². The first kappa shape index (κ1) is 34.2. The first-order valence-electron chi connectivity index (χ1n) is 14.5. The Morgan fingerprint density at radius 1 is 0.512 bits per heavy atom. The highest BCUT2D eigenvalue weighted by Gasteiger charge is 2.30. The average Bonchev–Trinajstić information content (AvgIpc) is 3.49. The van der Waals surface area contributed by atoms with Gasteiger partial charge in [0.25, 0.3) is 0 Å². The first-order chi connectivity index (χ1) is 20.9. The molecule has 0 N–H and O–H groups in total. The number of benzene rings is 4. The molecule has 0 aromatic heterocycles. The van der Waals surface area contributed by atoms with Gasteiger partial charge in [0.1, 0.15) is 23.0 Å². The van der Waals surface area contributed by atoms with Crippen LogP contribution in [-0.2, 0) is 4.74 Å². The molecule has 0 amide bonds. The second-order valence-corrected chi connectivity index (χ2v) is 8.65. The van der Waals surface area contributed by atoms with Crippen LogP contribution < -0.4 is 9.47 Å². The minimum atomic E-state index is -0.631. The molecule has 0 saturated heterocycles. The molecule has 0 fully saturated rings. The standard InChI is InChI=1S/C15H10O3.C14H8O4.C3H8.2C2H6/c16-14-9-15(17)13-8-11(6-7-12(13)14)18-10-4-2-1-3-5-10;15-13-11-7-6-10(8-12(11)14(16)18-13)17-9-4-2-1-3-5-9;1-3-2;2*1-2/h1-8H,9H2;1-8H;3H2,1-2H3;2*1-2H3. The molecule has 43 heavy (non-hydrogen) atoms. The van der Waals surface area contributed by atoms with Crippen molar-refractivity contribution in [2.24, 2.45) is 0 Å². The van der Waals surface area contributed by atoms with Gasteiger partial charge in [0.15, 0.2) is 11.6 Å². The predicted molar refractivity (Wildman–Crippen MR) is 168 cm³/mol. The largest absolute Gasteiger partial charge is 0.457 e. The number of rotatable bonds is 4. The third-order valence-electron chi connectivity index (χ3n) is 5.49. The minimum Gasteiger partial charge on any atom is -0.457 e. The van der Waals surface area contributed by atoms with Gasteiger partial charge in [-0.15, -0.1) is 0 Å². The summed E-state index contributed by atoms with van der Waals surface area (Å²) < 4.78 is 15.7. The van der Waals surface area contributed by atoms with Crippen molar-refractivity contribution >= 4 is 23.5 Å². The molecule has 1 aliphatic carbocycles. The number of cyclic esters (lactones) is 2. The number of hydrogen-bond acceptors (Lipinski definition) is 7. The Balaban J connectivity index is 0.000000249. The highest BCUT2D eigenvalue weighted by atomic mass is 16.6. The number of carbonyl (C=O) groups excluding carboxylic acids is 4. The summed E-state index contributed by atoms with van der Waals surface area (Å²) in [6.45, 7) is 12.2. The molecular formula is C36H38O7. The molecule has 224 valence electrons. The third-order valence-corrected chi connectivity index (χ3v) is 5.49. The van der Waals surface area contributed by atoms with Gasteiger partial charge in [-0.1, -0.05) is 84.4 Å². The zero-order chi connectivity index (χ0) is 31.8. The van der Waals surface area contributed by atoms with E-state index in [1.807, 2.05) is 76.2 Å². The lowest BCUT2D eigenvalue weighted by Gasteiger charge is -2.06. The number of carbonyl (C=O) groups is 4. The highest BCUT2D eigenvalue weighted by Crippen LogP contribution is 2.29. The summed E-state index contributed by atoms with van der Waals surface area (Å²) in [7, 11) is 0. The van der Waals surface area contributed by atoms with Gasteiger partial charge in [-0.25, -0.2) is 9.59 Å². The van der Waals surface area contributed by atoms with Crippen LogP contribution in [0.1, 0.15) is 95.8 Å². The zero-order valence-corrected chi connectivity index (χ0v) is 25.5. The van der Waals surface area contributed by atoms with Gasteiger partial charge in [0.05, 0.1) is 17.5 Å². The molecule has 0 radical (unpaired) electrons. The summed E-state index contributed by atoms with van der Waals surface area (Å²) in [5, 5.41) is 0. The van der Waals surface area contributed by atoms with Crippen LogP contribution in [0.15, 0.2) is 97.1 Å². The second-order valence-electron chi connectivity index (χ2n) is 8.65. The van der Waals surface area contributed by atoms with Crippen molar-refractivity contribution in [2.45, 2.75) is 54.4 Å². The summed E-state index contributed by atoms with van der Waals surface area (Å²) in [4.78, 5) is 45.7. The number of Topliss-reactive ketones (excluding diaryl/α,β-unsaturated/α-hetero) is 2. The number of esters is 2. The highest BCUT2D eigenvalue weighted by molar-refractivity contribution is 6.24. The van der Waals surface area contributed by atoms with Crippen LogP contribution in [0.2, 0.25) is 0 Å². The van der Waals surface area contributed by atoms with Crippen molar-refractivity contribution in [3.63, 3.8) is 0 Å². The minimum absolute atomic E-state index is 0.0237. The number of para-hydroxylation sites is 2. The Kier molecular flexibility index (Phi) is 14.1. The number of hydrogen-bond donors (Lipinski definition) is 0. The maximum absolute atomic E-state index is 11.6. The average molecular weight is 583 g/mol. The molecule has 7 heteroatoms. The van der Waals surface area contributed by atoms with E-state index in [1.165, 1.54) is 18.6 Å². The third kappa shape index (κ3) is 9.50. The number of ketones is 2. The summed E-state index contributed by atoms with van der Waals surface area (Å²) in [5.74, 6) is 0.948. The number of ether oxygens (including phenoxy) is 3. The van der Waals surface area contributed by atoms with Gasteiger partial charge in [-0.05, 0) is 60.7 Å². The molecule has 2 aliphatic rings. The Morgan fingerprint density at radius 2 is 0.907 bits per heavy atom. The fraction of sp³-hybridized carbons (Fsp3) is 0.222. The van der Waals surface area contributed by atoms with Crippen molar-refractivity contribution in [3.05, 3.63) is 119 Å². The summed E-state index contributed by atoms with van der Waals surface area (Å²) in [6.07, 6.45) is 1.23. The van der Waals surface area contributed by atoms with E-state index in [0.29, 0.717) is 34.1 Å². The Bertz CT molecular complexity index is 1390. The van der Waals surface area contributed by atoms with Gasteiger partial charge in [0.2, 0.25) is 0 Å². The van der Waals surface area contributed by atoms with E-state index in [1.54, 1.807) is 36.4 Å². The molecule has 1 aliphatic heterocycles. The van der Waals surface area contributed by atoms with Gasteiger partial charge >= 0.3 is 11.9 Å². The quantitative estimate of drug-likeness (QED) is 0.175. The van der Waals surface area contributed by atoms with Crippen LogP contribution in [0.3, 0.4) is 0 Å². The van der Waals surface area contributed by atoms with Crippen molar-refractivity contribution in [1.82, 2.24) is 0 Å². The molecule has 0 saturated carbocycles.